The monoisotopic (exact) mass is 381 g/mol. The molecule has 0 aliphatic heterocycles. The highest BCUT2D eigenvalue weighted by atomic mass is 16.2. The summed E-state index contributed by atoms with van der Waals surface area (Å²) in [7, 11) is 1.88. The van der Waals surface area contributed by atoms with Crippen LogP contribution in [0.4, 0.5) is 0 Å². The van der Waals surface area contributed by atoms with Crippen molar-refractivity contribution in [1.82, 2.24) is 4.90 Å². The number of benzene rings is 2. The minimum absolute atomic E-state index is 0.00659. The van der Waals surface area contributed by atoms with Gasteiger partial charge in [-0.25, -0.2) is 0 Å². The fourth-order valence-electron chi connectivity index (χ4n) is 3.59. The van der Waals surface area contributed by atoms with E-state index in [-0.39, 0.29) is 17.9 Å². The molecule has 0 radical (unpaired) electrons. The van der Waals surface area contributed by atoms with Crippen molar-refractivity contribution in [3.05, 3.63) is 71.8 Å². The smallest absolute Gasteiger partial charge is 0.225 e. The first-order chi connectivity index (χ1) is 13.6. The lowest BCUT2D eigenvalue weighted by atomic mass is 9.92. The highest BCUT2D eigenvalue weighted by molar-refractivity contribution is 5.78. The Bertz CT molecular complexity index is 631. The van der Waals surface area contributed by atoms with Gasteiger partial charge in [-0.3, -0.25) is 4.79 Å². The Morgan fingerprint density at radius 1 is 0.893 bits per heavy atom. The van der Waals surface area contributed by atoms with Crippen molar-refractivity contribution in [2.24, 2.45) is 17.4 Å². The van der Waals surface area contributed by atoms with Crippen LogP contribution >= 0.6 is 0 Å². The van der Waals surface area contributed by atoms with E-state index in [9.17, 15) is 4.79 Å². The van der Waals surface area contributed by atoms with E-state index in [1.165, 1.54) is 11.1 Å². The van der Waals surface area contributed by atoms with Gasteiger partial charge in [0.15, 0.2) is 0 Å². The van der Waals surface area contributed by atoms with E-state index in [0.29, 0.717) is 13.1 Å². The number of carbonyl (C=O) groups is 1. The second-order valence-electron chi connectivity index (χ2n) is 7.66. The van der Waals surface area contributed by atoms with Gasteiger partial charge in [-0.05, 0) is 56.2 Å². The van der Waals surface area contributed by atoms with E-state index < -0.39 is 0 Å². The van der Waals surface area contributed by atoms with Crippen molar-refractivity contribution in [1.29, 1.82) is 0 Å². The van der Waals surface area contributed by atoms with Crippen LogP contribution in [0, 0.1) is 5.92 Å². The van der Waals surface area contributed by atoms with Crippen LogP contribution in [0.1, 0.15) is 36.8 Å². The summed E-state index contributed by atoms with van der Waals surface area (Å²) in [5.74, 6) is 0.210. The first-order valence-electron chi connectivity index (χ1n) is 10.4. The molecule has 2 aromatic carbocycles. The number of nitrogens with zero attached hydrogens (tertiary/aromatic N) is 1. The minimum atomic E-state index is -0.0126. The van der Waals surface area contributed by atoms with E-state index in [4.69, 9.17) is 11.5 Å². The number of rotatable bonds is 12. The van der Waals surface area contributed by atoms with Crippen molar-refractivity contribution in [3.8, 4) is 0 Å². The lowest BCUT2D eigenvalue weighted by Gasteiger charge is -2.26. The number of nitrogens with two attached hydrogens (primary N) is 2. The molecule has 0 aliphatic carbocycles. The predicted octanol–water partition coefficient (Wildman–Crippen LogP) is 3.39. The SMILES string of the molecule is CN(C[C@@H](N)CCCN)C(=O)C(CCc1ccccc1)CCc1ccccc1. The number of likely N-dealkylation sites (N-methyl/N-ethyl adjacent to an activating group) is 1. The summed E-state index contributed by atoms with van der Waals surface area (Å²) in [6.07, 6.45) is 5.30. The van der Waals surface area contributed by atoms with Crippen molar-refractivity contribution in [2.75, 3.05) is 20.1 Å². The molecule has 28 heavy (non-hydrogen) atoms. The van der Waals surface area contributed by atoms with Crippen LogP contribution in [0.15, 0.2) is 60.7 Å². The Balaban J connectivity index is 1.97. The van der Waals surface area contributed by atoms with Gasteiger partial charge >= 0.3 is 0 Å². The summed E-state index contributed by atoms with van der Waals surface area (Å²) < 4.78 is 0. The van der Waals surface area contributed by atoms with Gasteiger partial charge in [0.2, 0.25) is 5.91 Å². The molecule has 0 bridgehead atoms. The van der Waals surface area contributed by atoms with Crippen LogP contribution in [-0.2, 0) is 17.6 Å². The molecule has 0 unspecified atom stereocenters. The molecular formula is C24H35N3O. The third-order valence-electron chi connectivity index (χ3n) is 5.26. The van der Waals surface area contributed by atoms with Gasteiger partial charge in [-0.1, -0.05) is 60.7 Å². The lowest BCUT2D eigenvalue weighted by Crippen LogP contribution is -2.41. The molecule has 0 spiro atoms. The Kier molecular flexibility index (Phi) is 9.73. The summed E-state index contributed by atoms with van der Waals surface area (Å²) in [6, 6.07) is 20.8. The van der Waals surface area contributed by atoms with Crippen LogP contribution in [0.25, 0.3) is 0 Å². The first kappa shape index (κ1) is 22.1. The molecule has 0 heterocycles. The summed E-state index contributed by atoms with van der Waals surface area (Å²) in [5, 5.41) is 0. The number of carbonyl (C=O) groups excluding carboxylic acids is 1. The molecule has 0 aliphatic rings. The number of aryl methyl sites for hydroxylation is 2. The van der Waals surface area contributed by atoms with Crippen LogP contribution in [-0.4, -0.2) is 37.0 Å². The Morgan fingerprint density at radius 3 is 1.86 bits per heavy atom. The zero-order valence-electron chi connectivity index (χ0n) is 17.1. The second kappa shape index (κ2) is 12.3. The molecular weight excluding hydrogens is 346 g/mol. The maximum absolute atomic E-state index is 13.1. The minimum Gasteiger partial charge on any atom is -0.344 e. The molecule has 0 fully saturated rings. The Morgan fingerprint density at radius 2 is 1.39 bits per heavy atom. The van der Waals surface area contributed by atoms with E-state index >= 15 is 0 Å². The molecule has 4 N–H and O–H groups in total. The van der Waals surface area contributed by atoms with Crippen LogP contribution < -0.4 is 11.5 Å². The fraction of sp³-hybridized carbons (Fsp3) is 0.458. The zero-order valence-corrected chi connectivity index (χ0v) is 17.1. The summed E-state index contributed by atoms with van der Waals surface area (Å²) in [6.45, 7) is 1.23. The van der Waals surface area contributed by atoms with E-state index in [1.807, 2.05) is 24.1 Å². The Labute approximate surface area is 169 Å². The standard InChI is InChI=1S/C24H35N3O/c1-27(19-23(26)13-8-18-25)24(28)22(16-14-20-9-4-2-5-10-20)17-15-21-11-6-3-7-12-21/h2-7,9-12,22-23H,8,13-19,25-26H2,1H3/t23-/m0/s1. The number of hydrogen-bond donors (Lipinski definition) is 2. The molecule has 0 saturated heterocycles. The van der Waals surface area contributed by atoms with Crippen LogP contribution in [0.5, 0.6) is 0 Å². The van der Waals surface area contributed by atoms with Crippen molar-refractivity contribution in [3.63, 3.8) is 0 Å². The van der Waals surface area contributed by atoms with Crippen molar-refractivity contribution in [2.45, 2.75) is 44.6 Å². The molecule has 4 heteroatoms. The average molecular weight is 382 g/mol. The third-order valence-corrected chi connectivity index (χ3v) is 5.26. The fourth-order valence-corrected chi connectivity index (χ4v) is 3.59. The van der Waals surface area contributed by atoms with Gasteiger partial charge in [0.1, 0.15) is 0 Å². The molecule has 152 valence electrons. The highest BCUT2D eigenvalue weighted by Gasteiger charge is 2.23. The van der Waals surface area contributed by atoms with Gasteiger partial charge < -0.3 is 16.4 Å². The predicted molar refractivity (Wildman–Crippen MR) is 117 cm³/mol. The molecule has 2 rings (SSSR count). The van der Waals surface area contributed by atoms with E-state index in [0.717, 1.165) is 38.5 Å². The molecule has 1 atom stereocenters. The van der Waals surface area contributed by atoms with Gasteiger partial charge in [-0.2, -0.15) is 0 Å². The Hall–Kier alpha value is -2.17. The van der Waals surface area contributed by atoms with Crippen molar-refractivity contribution < 1.29 is 4.79 Å². The molecule has 4 nitrogen and oxygen atoms in total. The topological polar surface area (TPSA) is 72.3 Å². The van der Waals surface area contributed by atoms with E-state index in [1.54, 1.807) is 0 Å². The highest BCUT2D eigenvalue weighted by Crippen LogP contribution is 2.19. The van der Waals surface area contributed by atoms with E-state index in [2.05, 4.69) is 48.5 Å². The normalized spacial score (nSPS) is 12.1. The van der Waals surface area contributed by atoms with Crippen molar-refractivity contribution >= 4 is 5.91 Å². The molecule has 0 saturated carbocycles. The summed E-state index contributed by atoms with van der Waals surface area (Å²) in [4.78, 5) is 15.0. The van der Waals surface area contributed by atoms with Gasteiger partial charge in [0.05, 0.1) is 0 Å². The van der Waals surface area contributed by atoms with Gasteiger partial charge in [0, 0.05) is 25.6 Å². The third kappa shape index (κ3) is 7.83. The summed E-state index contributed by atoms with van der Waals surface area (Å²) >= 11 is 0. The summed E-state index contributed by atoms with van der Waals surface area (Å²) in [5.41, 5.74) is 14.3. The molecule has 0 aromatic heterocycles. The lowest BCUT2D eigenvalue weighted by molar-refractivity contribution is -0.134. The van der Waals surface area contributed by atoms with Gasteiger partial charge in [-0.15, -0.1) is 0 Å². The molecule has 2 aromatic rings. The zero-order chi connectivity index (χ0) is 20.2. The van der Waals surface area contributed by atoms with Gasteiger partial charge in [0.25, 0.3) is 0 Å². The average Bonchev–Trinajstić information content (AvgIpc) is 2.73. The maximum Gasteiger partial charge on any atom is 0.225 e. The first-order valence-corrected chi connectivity index (χ1v) is 10.4. The van der Waals surface area contributed by atoms with Crippen LogP contribution in [0.2, 0.25) is 0 Å². The molecule has 1 amide bonds. The maximum atomic E-state index is 13.1. The largest absolute Gasteiger partial charge is 0.344 e. The number of amides is 1. The van der Waals surface area contributed by atoms with Crippen LogP contribution in [0.3, 0.4) is 0 Å². The quantitative estimate of drug-likeness (QED) is 0.592. The number of hydrogen-bond acceptors (Lipinski definition) is 3. The second-order valence-corrected chi connectivity index (χ2v) is 7.66.